The number of fused-ring (bicyclic) bond motifs is 1. The van der Waals surface area contributed by atoms with E-state index in [1.807, 2.05) is 0 Å². The number of benzene rings is 2. The number of hydrogen-bond acceptors (Lipinski definition) is 4. The van der Waals surface area contributed by atoms with E-state index in [0.717, 1.165) is 0 Å². The van der Waals surface area contributed by atoms with Gasteiger partial charge in [0, 0.05) is 15.6 Å². The third kappa shape index (κ3) is 3.29. The van der Waals surface area contributed by atoms with Gasteiger partial charge >= 0.3 is 5.97 Å². The standard InChI is InChI=1S/C16H12Cl2O4/c17-12-3-1-11(13(18)8-12)9-22-16(19)10-2-4-14-15(7-10)21-6-5-20-14/h1-4,7-8H,5-6,9H2. The molecule has 0 N–H and O–H groups in total. The summed E-state index contributed by atoms with van der Waals surface area (Å²) in [6.07, 6.45) is 0. The van der Waals surface area contributed by atoms with Crippen LogP contribution in [0.5, 0.6) is 11.5 Å². The van der Waals surface area contributed by atoms with Gasteiger partial charge in [-0.1, -0.05) is 29.3 Å². The molecule has 1 aliphatic heterocycles. The van der Waals surface area contributed by atoms with Crippen molar-refractivity contribution in [3.8, 4) is 11.5 Å². The Labute approximate surface area is 137 Å². The molecule has 0 fully saturated rings. The molecule has 0 aliphatic carbocycles. The monoisotopic (exact) mass is 338 g/mol. The van der Waals surface area contributed by atoms with Gasteiger partial charge in [-0.15, -0.1) is 0 Å². The lowest BCUT2D eigenvalue weighted by Gasteiger charge is -2.18. The fourth-order valence-corrected chi connectivity index (χ4v) is 2.50. The van der Waals surface area contributed by atoms with Crippen LogP contribution in [0.15, 0.2) is 36.4 Å². The zero-order valence-corrected chi connectivity index (χ0v) is 13.0. The van der Waals surface area contributed by atoms with Crippen LogP contribution in [0.3, 0.4) is 0 Å². The van der Waals surface area contributed by atoms with Crippen molar-refractivity contribution in [3.63, 3.8) is 0 Å². The third-order valence-electron chi connectivity index (χ3n) is 3.15. The predicted octanol–water partition coefficient (Wildman–Crippen LogP) is 4.12. The number of ether oxygens (including phenoxy) is 3. The third-order valence-corrected chi connectivity index (χ3v) is 3.74. The van der Waals surface area contributed by atoms with Gasteiger partial charge < -0.3 is 14.2 Å². The summed E-state index contributed by atoms with van der Waals surface area (Å²) in [5.41, 5.74) is 1.09. The van der Waals surface area contributed by atoms with E-state index in [0.29, 0.717) is 45.9 Å². The lowest BCUT2D eigenvalue weighted by molar-refractivity contribution is 0.0472. The number of esters is 1. The Balaban J connectivity index is 1.69. The highest BCUT2D eigenvalue weighted by Gasteiger charge is 2.16. The van der Waals surface area contributed by atoms with Gasteiger partial charge in [-0.3, -0.25) is 0 Å². The average Bonchev–Trinajstić information content (AvgIpc) is 2.53. The maximum atomic E-state index is 12.1. The maximum absolute atomic E-state index is 12.1. The summed E-state index contributed by atoms with van der Waals surface area (Å²) in [6.45, 7) is 1.04. The average molecular weight is 339 g/mol. The quantitative estimate of drug-likeness (QED) is 0.789. The molecule has 2 aromatic rings. The molecule has 0 spiro atoms. The molecule has 0 atom stereocenters. The van der Waals surface area contributed by atoms with E-state index in [-0.39, 0.29) is 6.61 Å². The molecular formula is C16H12Cl2O4. The van der Waals surface area contributed by atoms with Crippen LogP contribution in [0.1, 0.15) is 15.9 Å². The van der Waals surface area contributed by atoms with E-state index in [4.69, 9.17) is 37.4 Å². The minimum absolute atomic E-state index is 0.0727. The summed E-state index contributed by atoms with van der Waals surface area (Å²) in [4.78, 5) is 12.1. The first kappa shape index (κ1) is 15.0. The molecule has 3 rings (SSSR count). The van der Waals surface area contributed by atoms with Crippen LogP contribution in [0.25, 0.3) is 0 Å². The first-order chi connectivity index (χ1) is 10.6. The molecule has 114 valence electrons. The highest BCUT2D eigenvalue weighted by molar-refractivity contribution is 6.35. The summed E-state index contributed by atoms with van der Waals surface area (Å²) in [5, 5.41) is 0.995. The Bertz CT molecular complexity index is 715. The van der Waals surface area contributed by atoms with Gasteiger partial charge in [0.05, 0.1) is 5.56 Å². The van der Waals surface area contributed by atoms with Gasteiger partial charge in [0.1, 0.15) is 19.8 Å². The number of halogens is 2. The molecule has 0 unspecified atom stereocenters. The SMILES string of the molecule is O=C(OCc1ccc(Cl)cc1Cl)c1ccc2c(c1)OCCO2. The van der Waals surface area contributed by atoms with E-state index in [1.54, 1.807) is 36.4 Å². The Morgan fingerprint density at radius 2 is 1.82 bits per heavy atom. The normalized spacial score (nSPS) is 12.8. The molecule has 1 aliphatic rings. The number of carbonyl (C=O) groups excluding carboxylic acids is 1. The van der Waals surface area contributed by atoms with Crippen molar-refractivity contribution in [2.45, 2.75) is 6.61 Å². The molecule has 0 aromatic heterocycles. The predicted molar refractivity (Wildman–Crippen MR) is 83.0 cm³/mol. The second-order valence-electron chi connectivity index (χ2n) is 4.67. The minimum atomic E-state index is -0.456. The lowest BCUT2D eigenvalue weighted by atomic mass is 10.2. The zero-order chi connectivity index (χ0) is 15.5. The lowest BCUT2D eigenvalue weighted by Crippen LogP contribution is -2.16. The molecule has 0 saturated carbocycles. The number of hydrogen-bond donors (Lipinski definition) is 0. The molecule has 22 heavy (non-hydrogen) atoms. The van der Waals surface area contributed by atoms with E-state index in [2.05, 4.69) is 0 Å². The fourth-order valence-electron chi connectivity index (χ4n) is 2.04. The van der Waals surface area contributed by atoms with Crippen molar-refractivity contribution in [1.82, 2.24) is 0 Å². The summed E-state index contributed by atoms with van der Waals surface area (Å²) in [7, 11) is 0. The number of rotatable bonds is 3. The van der Waals surface area contributed by atoms with Crippen LogP contribution in [0.4, 0.5) is 0 Å². The molecule has 4 nitrogen and oxygen atoms in total. The Morgan fingerprint density at radius 1 is 1.05 bits per heavy atom. The molecule has 6 heteroatoms. The van der Waals surface area contributed by atoms with Gasteiger partial charge in [-0.25, -0.2) is 4.79 Å². The van der Waals surface area contributed by atoms with Crippen LogP contribution < -0.4 is 9.47 Å². The van der Waals surface area contributed by atoms with E-state index in [9.17, 15) is 4.79 Å². The highest BCUT2D eigenvalue weighted by Crippen LogP contribution is 2.31. The molecule has 1 heterocycles. The Hall–Kier alpha value is -1.91. The molecule has 0 amide bonds. The van der Waals surface area contributed by atoms with Crippen LogP contribution in [0.2, 0.25) is 10.0 Å². The molecule has 0 bridgehead atoms. The first-order valence-corrected chi connectivity index (χ1v) is 7.40. The van der Waals surface area contributed by atoms with Crippen LogP contribution >= 0.6 is 23.2 Å². The Kier molecular flexibility index (Phi) is 4.41. The van der Waals surface area contributed by atoms with Crippen LogP contribution in [0, 0.1) is 0 Å². The molecule has 0 radical (unpaired) electrons. The van der Waals surface area contributed by atoms with E-state index in [1.165, 1.54) is 0 Å². The van der Waals surface area contributed by atoms with Gasteiger partial charge in [-0.2, -0.15) is 0 Å². The largest absolute Gasteiger partial charge is 0.486 e. The molecular weight excluding hydrogens is 327 g/mol. The topological polar surface area (TPSA) is 44.8 Å². The number of carbonyl (C=O) groups is 1. The minimum Gasteiger partial charge on any atom is -0.486 e. The maximum Gasteiger partial charge on any atom is 0.338 e. The summed E-state index contributed by atoms with van der Waals surface area (Å²) in [6, 6.07) is 9.97. The second-order valence-corrected chi connectivity index (χ2v) is 5.51. The molecule has 2 aromatic carbocycles. The fraction of sp³-hybridized carbons (Fsp3) is 0.188. The van der Waals surface area contributed by atoms with Crippen molar-refractivity contribution < 1.29 is 19.0 Å². The van der Waals surface area contributed by atoms with Gasteiger partial charge in [-0.05, 0) is 30.3 Å². The summed E-state index contributed by atoms with van der Waals surface area (Å²) < 4.78 is 16.1. The first-order valence-electron chi connectivity index (χ1n) is 6.64. The van der Waals surface area contributed by atoms with Crippen molar-refractivity contribution in [1.29, 1.82) is 0 Å². The van der Waals surface area contributed by atoms with Crippen molar-refractivity contribution in [2.24, 2.45) is 0 Å². The summed E-state index contributed by atoms with van der Waals surface area (Å²) >= 11 is 11.9. The summed E-state index contributed by atoms with van der Waals surface area (Å²) in [5.74, 6) is 0.719. The van der Waals surface area contributed by atoms with Crippen LogP contribution in [-0.2, 0) is 11.3 Å². The van der Waals surface area contributed by atoms with Gasteiger partial charge in [0.15, 0.2) is 11.5 Å². The van der Waals surface area contributed by atoms with Gasteiger partial charge in [0.25, 0.3) is 0 Å². The van der Waals surface area contributed by atoms with Crippen LogP contribution in [-0.4, -0.2) is 19.2 Å². The van der Waals surface area contributed by atoms with Gasteiger partial charge in [0.2, 0.25) is 0 Å². The second kappa shape index (κ2) is 6.46. The van der Waals surface area contributed by atoms with Crippen molar-refractivity contribution in [3.05, 3.63) is 57.6 Å². The Morgan fingerprint density at radius 3 is 2.59 bits per heavy atom. The molecule has 0 saturated heterocycles. The van der Waals surface area contributed by atoms with E-state index < -0.39 is 5.97 Å². The highest BCUT2D eigenvalue weighted by atomic mass is 35.5. The zero-order valence-electron chi connectivity index (χ0n) is 11.5. The smallest absolute Gasteiger partial charge is 0.338 e. The van der Waals surface area contributed by atoms with Crippen molar-refractivity contribution in [2.75, 3.05) is 13.2 Å². The van der Waals surface area contributed by atoms with E-state index >= 15 is 0 Å². The van der Waals surface area contributed by atoms with Crippen molar-refractivity contribution >= 4 is 29.2 Å².